The molecule has 0 aliphatic heterocycles. The second-order valence-corrected chi connectivity index (χ2v) is 4.71. The number of benzene rings is 2. The van der Waals surface area contributed by atoms with E-state index in [-0.39, 0.29) is 24.5 Å². The molecule has 0 bridgehead atoms. The van der Waals surface area contributed by atoms with Gasteiger partial charge in [0.1, 0.15) is 0 Å². The standard InChI is InChI=1S/C17H18N2O4/c1-22-14-8-4-5-9-15(14)23-11-10-16(20)19-13-7-3-2-6-12(13)17(18)21/h2-9H,10-11H2,1H3,(H2,18,21)(H,19,20). The molecule has 0 fully saturated rings. The lowest BCUT2D eigenvalue weighted by Gasteiger charge is -2.11. The summed E-state index contributed by atoms with van der Waals surface area (Å²) >= 11 is 0. The first-order chi connectivity index (χ1) is 11.1. The number of primary amides is 1. The third kappa shape index (κ3) is 4.47. The van der Waals surface area contributed by atoms with Crippen LogP contribution in [0.4, 0.5) is 5.69 Å². The molecule has 23 heavy (non-hydrogen) atoms. The van der Waals surface area contributed by atoms with Crippen molar-refractivity contribution < 1.29 is 19.1 Å². The summed E-state index contributed by atoms with van der Waals surface area (Å²) in [6.45, 7) is 0.185. The van der Waals surface area contributed by atoms with Crippen molar-refractivity contribution in [1.82, 2.24) is 0 Å². The first-order valence-electron chi connectivity index (χ1n) is 7.06. The Morgan fingerprint density at radius 2 is 1.70 bits per heavy atom. The summed E-state index contributed by atoms with van der Waals surface area (Å²) in [5.41, 5.74) is 5.93. The number of carbonyl (C=O) groups excluding carboxylic acids is 2. The van der Waals surface area contributed by atoms with E-state index in [9.17, 15) is 9.59 Å². The predicted octanol–water partition coefficient (Wildman–Crippen LogP) is 2.20. The number of anilines is 1. The molecule has 2 aromatic rings. The van der Waals surface area contributed by atoms with Crippen molar-refractivity contribution in [3.05, 3.63) is 54.1 Å². The van der Waals surface area contributed by atoms with Crippen LogP contribution in [0, 0.1) is 0 Å². The molecule has 120 valence electrons. The first kappa shape index (κ1) is 16.4. The molecular weight excluding hydrogens is 296 g/mol. The summed E-state index contributed by atoms with van der Waals surface area (Å²) in [5.74, 6) is 0.312. The van der Waals surface area contributed by atoms with E-state index in [1.807, 2.05) is 12.1 Å². The van der Waals surface area contributed by atoms with E-state index in [2.05, 4.69) is 5.32 Å². The second kappa shape index (κ2) is 7.84. The highest BCUT2D eigenvalue weighted by molar-refractivity contribution is 6.02. The molecule has 0 spiro atoms. The zero-order chi connectivity index (χ0) is 16.7. The Balaban J connectivity index is 1.90. The Kier molecular flexibility index (Phi) is 5.57. The van der Waals surface area contributed by atoms with Crippen LogP contribution in [0.1, 0.15) is 16.8 Å². The van der Waals surface area contributed by atoms with Gasteiger partial charge in [-0.1, -0.05) is 24.3 Å². The van der Waals surface area contributed by atoms with Gasteiger partial charge in [0, 0.05) is 0 Å². The van der Waals surface area contributed by atoms with Gasteiger partial charge >= 0.3 is 0 Å². The number of rotatable bonds is 7. The van der Waals surface area contributed by atoms with E-state index in [0.29, 0.717) is 17.2 Å². The minimum Gasteiger partial charge on any atom is -0.493 e. The molecule has 0 saturated heterocycles. The van der Waals surface area contributed by atoms with Gasteiger partial charge in [0.15, 0.2) is 11.5 Å². The van der Waals surface area contributed by atoms with Crippen molar-refractivity contribution in [3.63, 3.8) is 0 Å². The van der Waals surface area contributed by atoms with Crippen molar-refractivity contribution in [2.75, 3.05) is 19.0 Å². The average molecular weight is 314 g/mol. The van der Waals surface area contributed by atoms with Gasteiger partial charge in [0.05, 0.1) is 31.4 Å². The summed E-state index contributed by atoms with van der Waals surface area (Å²) in [7, 11) is 1.55. The highest BCUT2D eigenvalue weighted by Crippen LogP contribution is 2.25. The van der Waals surface area contributed by atoms with E-state index in [4.69, 9.17) is 15.2 Å². The van der Waals surface area contributed by atoms with Crippen molar-refractivity contribution in [2.24, 2.45) is 5.73 Å². The summed E-state index contributed by atoms with van der Waals surface area (Å²) in [4.78, 5) is 23.3. The Morgan fingerprint density at radius 3 is 2.39 bits per heavy atom. The summed E-state index contributed by atoms with van der Waals surface area (Å²) in [5, 5.41) is 2.66. The third-order valence-electron chi connectivity index (χ3n) is 3.12. The second-order valence-electron chi connectivity index (χ2n) is 4.71. The predicted molar refractivity (Wildman–Crippen MR) is 86.7 cm³/mol. The van der Waals surface area contributed by atoms with Crippen LogP contribution >= 0.6 is 0 Å². The van der Waals surface area contributed by atoms with Crippen LogP contribution in [-0.2, 0) is 4.79 Å². The highest BCUT2D eigenvalue weighted by atomic mass is 16.5. The maximum absolute atomic E-state index is 12.0. The molecule has 2 aromatic carbocycles. The van der Waals surface area contributed by atoms with Crippen LogP contribution in [0.15, 0.2) is 48.5 Å². The lowest BCUT2D eigenvalue weighted by Crippen LogP contribution is -2.19. The number of carbonyl (C=O) groups is 2. The number of amides is 2. The van der Waals surface area contributed by atoms with Crippen molar-refractivity contribution in [2.45, 2.75) is 6.42 Å². The van der Waals surface area contributed by atoms with Crippen LogP contribution in [0.5, 0.6) is 11.5 Å². The Bertz CT molecular complexity index is 700. The summed E-state index contributed by atoms with van der Waals surface area (Å²) in [6, 6.07) is 13.8. The monoisotopic (exact) mass is 314 g/mol. The van der Waals surface area contributed by atoms with Crippen molar-refractivity contribution >= 4 is 17.5 Å². The van der Waals surface area contributed by atoms with Crippen LogP contribution in [-0.4, -0.2) is 25.5 Å². The molecule has 3 N–H and O–H groups in total. The number of nitrogens with two attached hydrogens (primary N) is 1. The molecule has 0 aliphatic carbocycles. The fraction of sp³-hybridized carbons (Fsp3) is 0.176. The van der Waals surface area contributed by atoms with E-state index >= 15 is 0 Å². The van der Waals surface area contributed by atoms with E-state index in [1.54, 1.807) is 43.5 Å². The molecule has 2 amide bonds. The Hall–Kier alpha value is -3.02. The number of nitrogens with one attached hydrogen (secondary N) is 1. The molecule has 0 saturated carbocycles. The maximum atomic E-state index is 12.0. The van der Waals surface area contributed by atoms with Gasteiger partial charge in [0.2, 0.25) is 5.91 Å². The molecule has 0 aromatic heterocycles. The zero-order valence-corrected chi connectivity index (χ0v) is 12.7. The minimum atomic E-state index is -0.592. The number of ether oxygens (including phenoxy) is 2. The normalized spacial score (nSPS) is 9.96. The summed E-state index contributed by atoms with van der Waals surface area (Å²) in [6.07, 6.45) is 0.130. The lowest BCUT2D eigenvalue weighted by atomic mass is 10.1. The molecule has 0 heterocycles. The molecule has 0 unspecified atom stereocenters. The van der Waals surface area contributed by atoms with E-state index in [0.717, 1.165) is 0 Å². The Labute approximate surface area is 134 Å². The number of para-hydroxylation sites is 3. The Morgan fingerprint density at radius 1 is 1.04 bits per heavy atom. The van der Waals surface area contributed by atoms with Crippen molar-refractivity contribution in [1.29, 1.82) is 0 Å². The maximum Gasteiger partial charge on any atom is 0.250 e. The van der Waals surface area contributed by atoms with Crippen LogP contribution in [0.25, 0.3) is 0 Å². The van der Waals surface area contributed by atoms with Crippen LogP contribution < -0.4 is 20.5 Å². The zero-order valence-electron chi connectivity index (χ0n) is 12.7. The molecule has 0 radical (unpaired) electrons. The minimum absolute atomic E-state index is 0.130. The SMILES string of the molecule is COc1ccccc1OCCC(=O)Nc1ccccc1C(N)=O. The smallest absolute Gasteiger partial charge is 0.250 e. The van der Waals surface area contributed by atoms with Crippen molar-refractivity contribution in [3.8, 4) is 11.5 Å². The van der Waals surface area contributed by atoms with E-state index < -0.39 is 5.91 Å². The fourth-order valence-corrected chi connectivity index (χ4v) is 2.01. The van der Waals surface area contributed by atoms with Gasteiger partial charge in [-0.25, -0.2) is 0 Å². The molecule has 2 rings (SSSR count). The van der Waals surface area contributed by atoms with Gasteiger partial charge in [-0.15, -0.1) is 0 Å². The molecular formula is C17H18N2O4. The molecule has 0 atom stereocenters. The van der Waals surface area contributed by atoms with Gasteiger partial charge in [-0.3, -0.25) is 9.59 Å². The third-order valence-corrected chi connectivity index (χ3v) is 3.12. The average Bonchev–Trinajstić information content (AvgIpc) is 2.55. The van der Waals surface area contributed by atoms with Crippen LogP contribution in [0.3, 0.4) is 0 Å². The lowest BCUT2D eigenvalue weighted by molar-refractivity contribution is -0.116. The van der Waals surface area contributed by atoms with Gasteiger partial charge in [-0.2, -0.15) is 0 Å². The highest BCUT2D eigenvalue weighted by Gasteiger charge is 2.10. The molecule has 6 nitrogen and oxygen atoms in total. The largest absolute Gasteiger partial charge is 0.493 e. The number of hydrogen-bond acceptors (Lipinski definition) is 4. The number of methoxy groups -OCH3 is 1. The topological polar surface area (TPSA) is 90.7 Å². The number of hydrogen-bond donors (Lipinski definition) is 2. The van der Waals surface area contributed by atoms with Gasteiger partial charge < -0.3 is 20.5 Å². The van der Waals surface area contributed by atoms with Gasteiger partial charge in [0.25, 0.3) is 5.91 Å². The summed E-state index contributed by atoms with van der Waals surface area (Å²) < 4.78 is 10.7. The van der Waals surface area contributed by atoms with Gasteiger partial charge in [-0.05, 0) is 24.3 Å². The van der Waals surface area contributed by atoms with Crippen LogP contribution in [0.2, 0.25) is 0 Å². The van der Waals surface area contributed by atoms with E-state index in [1.165, 1.54) is 0 Å². The first-order valence-corrected chi connectivity index (χ1v) is 7.06. The quantitative estimate of drug-likeness (QED) is 0.819. The molecule has 6 heteroatoms. The molecule has 0 aliphatic rings. The fourth-order valence-electron chi connectivity index (χ4n) is 2.01.